The summed E-state index contributed by atoms with van der Waals surface area (Å²) in [7, 11) is 0. The van der Waals surface area contributed by atoms with Gasteiger partial charge in [0.05, 0.1) is 6.61 Å². The first-order chi connectivity index (χ1) is 9.81. The van der Waals surface area contributed by atoms with Gasteiger partial charge in [0.2, 0.25) is 0 Å². The summed E-state index contributed by atoms with van der Waals surface area (Å²) >= 11 is 6.86. The lowest BCUT2D eigenvalue weighted by Gasteiger charge is -2.05. The Balaban J connectivity index is 3.12. The molecule has 0 saturated carbocycles. The number of ether oxygens (including phenoxy) is 1. The molecule has 0 bridgehead atoms. The minimum atomic E-state index is -0.00946. The zero-order valence-electron chi connectivity index (χ0n) is 12.7. The van der Waals surface area contributed by atoms with Crippen molar-refractivity contribution in [1.82, 2.24) is 0 Å². The van der Waals surface area contributed by atoms with E-state index in [1.165, 1.54) is 51.4 Å². The second-order valence-corrected chi connectivity index (χ2v) is 6.82. The molecular formula is C16H30Br2O2. The van der Waals surface area contributed by atoms with Crippen molar-refractivity contribution in [3.8, 4) is 0 Å². The van der Waals surface area contributed by atoms with E-state index >= 15 is 0 Å². The average Bonchev–Trinajstić information content (AvgIpc) is 2.45. The van der Waals surface area contributed by atoms with Crippen LogP contribution in [0.3, 0.4) is 0 Å². The standard InChI is InChI=1S/C16H30Br2O2/c17-13-9-5-1-2-7-11-15-20-16(19)12-8-4-3-6-10-14-18/h1-15H2. The molecule has 0 radical (unpaired) electrons. The monoisotopic (exact) mass is 412 g/mol. The Bertz CT molecular complexity index is 211. The molecule has 2 nitrogen and oxygen atoms in total. The van der Waals surface area contributed by atoms with E-state index < -0.39 is 0 Å². The largest absolute Gasteiger partial charge is 0.466 e. The van der Waals surface area contributed by atoms with Gasteiger partial charge in [0, 0.05) is 17.1 Å². The lowest BCUT2D eigenvalue weighted by atomic mass is 10.1. The van der Waals surface area contributed by atoms with Gasteiger partial charge in [0.25, 0.3) is 0 Å². The first kappa shape index (κ1) is 20.4. The molecule has 0 amide bonds. The molecule has 0 saturated heterocycles. The minimum absolute atomic E-state index is 0.00946. The molecule has 0 aromatic carbocycles. The van der Waals surface area contributed by atoms with Gasteiger partial charge in [-0.2, -0.15) is 0 Å². The van der Waals surface area contributed by atoms with E-state index in [4.69, 9.17) is 4.74 Å². The van der Waals surface area contributed by atoms with Gasteiger partial charge in [0.1, 0.15) is 0 Å². The number of carbonyl (C=O) groups excluding carboxylic acids is 1. The number of hydrogen-bond donors (Lipinski definition) is 0. The molecule has 0 fully saturated rings. The van der Waals surface area contributed by atoms with Gasteiger partial charge >= 0.3 is 5.97 Å². The third-order valence-electron chi connectivity index (χ3n) is 3.31. The number of rotatable bonds is 15. The third kappa shape index (κ3) is 16.5. The van der Waals surface area contributed by atoms with Gasteiger partial charge in [-0.3, -0.25) is 4.79 Å². The predicted octanol–water partition coefficient (Wildman–Crippen LogP) is 6.00. The van der Waals surface area contributed by atoms with Gasteiger partial charge in [-0.25, -0.2) is 0 Å². The lowest BCUT2D eigenvalue weighted by molar-refractivity contribution is -0.143. The van der Waals surface area contributed by atoms with Crippen LogP contribution in [0.2, 0.25) is 0 Å². The summed E-state index contributed by atoms with van der Waals surface area (Å²) < 4.78 is 5.24. The Labute approximate surface area is 141 Å². The van der Waals surface area contributed by atoms with Gasteiger partial charge in [-0.05, 0) is 25.7 Å². The molecule has 0 N–H and O–H groups in total. The van der Waals surface area contributed by atoms with Gasteiger partial charge in [-0.15, -0.1) is 0 Å². The Hall–Kier alpha value is 0.430. The van der Waals surface area contributed by atoms with Crippen LogP contribution in [0, 0.1) is 0 Å². The molecule has 4 heteroatoms. The van der Waals surface area contributed by atoms with Crippen molar-refractivity contribution in [3.63, 3.8) is 0 Å². The summed E-state index contributed by atoms with van der Waals surface area (Å²) in [6.07, 6.45) is 13.8. The highest BCUT2D eigenvalue weighted by Crippen LogP contribution is 2.09. The van der Waals surface area contributed by atoms with Crippen LogP contribution in [-0.4, -0.2) is 23.2 Å². The van der Waals surface area contributed by atoms with Crippen molar-refractivity contribution in [1.29, 1.82) is 0 Å². The van der Waals surface area contributed by atoms with Gasteiger partial charge < -0.3 is 4.74 Å². The van der Waals surface area contributed by atoms with Crippen LogP contribution in [0.1, 0.15) is 77.0 Å². The van der Waals surface area contributed by atoms with E-state index in [-0.39, 0.29) is 5.97 Å². The summed E-state index contributed by atoms with van der Waals surface area (Å²) in [6, 6.07) is 0. The zero-order valence-corrected chi connectivity index (χ0v) is 15.9. The molecule has 120 valence electrons. The summed E-state index contributed by atoms with van der Waals surface area (Å²) in [5.74, 6) is -0.00946. The Morgan fingerprint density at radius 2 is 1.10 bits per heavy atom. The van der Waals surface area contributed by atoms with E-state index in [1.807, 2.05) is 0 Å². The second kappa shape index (κ2) is 17.5. The maximum atomic E-state index is 11.5. The van der Waals surface area contributed by atoms with Crippen LogP contribution < -0.4 is 0 Å². The molecule has 0 aliphatic heterocycles. The number of alkyl halides is 2. The van der Waals surface area contributed by atoms with E-state index in [0.29, 0.717) is 13.0 Å². The van der Waals surface area contributed by atoms with E-state index in [2.05, 4.69) is 31.9 Å². The summed E-state index contributed by atoms with van der Waals surface area (Å²) in [5.41, 5.74) is 0. The highest BCUT2D eigenvalue weighted by Gasteiger charge is 2.02. The third-order valence-corrected chi connectivity index (χ3v) is 4.43. The lowest BCUT2D eigenvalue weighted by Crippen LogP contribution is -2.05. The Morgan fingerprint density at radius 1 is 0.650 bits per heavy atom. The number of halogens is 2. The van der Waals surface area contributed by atoms with Gasteiger partial charge in [-0.1, -0.05) is 76.8 Å². The maximum absolute atomic E-state index is 11.5. The number of unbranched alkanes of at least 4 members (excludes halogenated alkanes) is 9. The normalized spacial score (nSPS) is 10.7. The molecule has 0 heterocycles. The van der Waals surface area contributed by atoms with Crippen molar-refractivity contribution in [3.05, 3.63) is 0 Å². The second-order valence-electron chi connectivity index (χ2n) is 5.24. The highest BCUT2D eigenvalue weighted by atomic mass is 79.9. The van der Waals surface area contributed by atoms with Crippen LogP contribution in [0.4, 0.5) is 0 Å². The van der Waals surface area contributed by atoms with Crippen molar-refractivity contribution in [2.75, 3.05) is 17.3 Å². The first-order valence-electron chi connectivity index (χ1n) is 8.08. The van der Waals surface area contributed by atoms with Gasteiger partial charge in [0.15, 0.2) is 0 Å². The van der Waals surface area contributed by atoms with Crippen LogP contribution in [0.25, 0.3) is 0 Å². The SMILES string of the molecule is O=C(CCCCCCCBr)OCCCCCCCCBr. The average molecular weight is 414 g/mol. The fourth-order valence-corrected chi connectivity index (χ4v) is 2.85. The van der Waals surface area contributed by atoms with Crippen LogP contribution in [-0.2, 0) is 9.53 Å². The van der Waals surface area contributed by atoms with Crippen molar-refractivity contribution in [2.45, 2.75) is 77.0 Å². The van der Waals surface area contributed by atoms with Crippen LogP contribution in [0.5, 0.6) is 0 Å². The predicted molar refractivity (Wildman–Crippen MR) is 94.0 cm³/mol. The smallest absolute Gasteiger partial charge is 0.305 e. The molecule has 0 aromatic rings. The van der Waals surface area contributed by atoms with E-state index in [1.54, 1.807) is 0 Å². The quantitative estimate of drug-likeness (QED) is 0.187. The van der Waals surface area contributed by atoms with Crippen molar-refractivity contribution < 1.29 is 9.53 Å². The summed E-state index contributed by atoms with van der Waals surface area (Å²) in [5, 5.41) is 2.20. The molecule has 0 unspecified atom stereocenters. The molecule has 0 aliphatic rings. The topological polar surface area (TPSA) is 26.3 Å². The van der Waals surface area contributed by atoms with Crippen LogP contribution in [0.15, 0.2) is 0 Å². The van der Waals surface area contributed by atoms with Crippen molar-refractivity contribution in [2.24, 2.45) is 0 Å². The summed E-state index contributed by atoms with van der Waals surface area (Å²) in [4.78, 5) is 11.5. The first-order valence-corrected chi connectivity index (χ1v) is 10.3. The Morgan fingerprint density at radius 3 is 1.65 bits per heavy atom. The number of esters is 1. The minimum Gasteiger partial charge on any atom is -0.466 e. The molecule has 0 spiro atoms. The maximum Gasteiger partial charge on any atom is 0.305 e. The molecule has 0 aliphatic carbocycles. The molecule has 0 atom stereocenters. The van der Waals surface area contributed by atoms with E-state index in [9.17, 15) is 4.79 Å². The molecular weight excluding hydrogens is 384 g/mol. The van der Waals surface area contributed by atoms with Crippen molar-refractivity contribution >= 4 is 37.8 Å². The highest BCUT2D eigenvalue weighted by molar-refractivity contribution is 9.09. The number of carbonyl (C=O) groups is 1. The Kier molecular flexibility index (Phi) is 17.9. The molecule has 0 rings (SSSR count). The number of hydrogen-bond acceptors (Lipinski definition) is 2. The van der Waals surface area contributed by atoms with Crippen LogP contribution >= 0.6 is 31.9 Å². The zero-order chi connectivity index (χ0) is 14.9. The fourth-order valence-electron chi connectivity index (χ4n) is 2.06. The fraction of sp³-hybridized carbons (Fsp3) is 0.938. The molecule has 0 aromatic heterocycles. The van der Waals surface area contributed by atoms with E-state index in [0.717, 1.165) is 29.9 Å². The molecule has 20 heavy (non-hydrogen) atoms. The summed E-state index contributed by atoms with van der Waals surface area (Å²) in [6.45, 7) is 0.612.